The predicted molar refractivity (Wildman–Crippen MR) is 40.7 cm³/mol. The van der Waals surface area contributed by atoms with Crippen molar-refractivity contribution < 1.29 is 39.5 Å². The topological polar surface area (TPSA) is 0 Å². The third-order valence-corrected chi connectivity index (χ3v) is 5.03. The van der Waals surface area contributed by atoms with E-state index in [4.69, 9.17) is 0 Å². The number of halogens is 10. The van der Waals surface area contributed by atoms with Gasteiger partial charge >= 0.3 is 34.5 Å². The average molecular weight is 370 g/mol. The van der Waals surface area contributed by atoms with Crippen molar-refractivity contribution >= 4 is 35.3 Å². The van der Waals surface area contributed by atoms with Crippen LogP contribution in [0.15, 0.2) is 0 Å². The van der Waals surface area contributed by atoms with E-state index in [1.165, 1.54) is 0 Å². The van der Waals surface area contributed by atoms with Crippen LogP contribution in [0, 0.1) is 0 Å². The molecule has 0 aromatic carbocycles. The van der Waals surface area contributed by atoms with E-state index in [0.717, 1.165) is 18.9 Å². The minimum absolute atomic E-state index is 0.732. The molecule has 0 spiro atoms. The first-order valence-electron chi connectivity index (χ1n) is 3.07. The van der Waals surface area contributed by atoms with Crippen LogP contribution in [0.1, 0.15) is 0 Å². The second-order valence-corrected chi connectivity index (χ2v) is 5.93. The first-order valence-corrected chi connectivity index (χ1v) is 8.89. The molecule has 15 heavy (non-hydrogen) atoms. The van der Waals surface area contributed by atoms with Crippen LogP contribution >= 0.6 is 18.9 Å². The van der Waals surface area contributed by atoms with Gasteiger partial charge in [-0.05, 0) is 0 Å². The maximum Gasteiger partial charge on any atom is 0.580 e. The molecular formula is C4F9IMg. The van der Waals surface area contributed by atoms with Crippen molar-refractivity contribution in [2.45, 2.75) is 22.1 Å². The number of rotatable bonds is 3. The fourth-order valence-electron chi connectivity index (χ4n) is 0.492. The minimum Gasteiger partial charge on any atom is -0.288 e. The Labute approximate surface area is 96.7 Å². The molecule has 0 fully saturated rings. The zero-order valence-electron chi connectivity index (χ0n) is 6.49. The Hall–Kier alpha value is 0.866. The van der Waals surface area contributed by atoms with Crippen LogP contribution in [0.5, 0.6) is 0 Å². The van der Waals surface area contributed by atoms with Gasteiger partial charge in [0.25, 0.3) is 0 Å². The molecule has 0 amide bonds. The maximum absolute atomic E-state index is 12.3. The van der Waals surface area contributed by atoms with Gasteiger partial charge in [0.05, 0.1) is 0 Å². The van der Waals surface area contributed by atoms with Crippen LogP contribution in [0.2, 0.25) is 0 Å². The van der Waals surface area contributed by atoms with Crippen LogP contribution in [0.3, 0.4) is 0 Å². The van der Waals surface area contributed by atoms with Crippen LogP contribution in [0.4, 0.5) is 39.5 Å². The molecule has 0 atom stereocenters. The Bertz CT molecular complexity index is 233. The molecule has 0 aromatic heterocycles. The molecule has 0 aromatic rings. The predicted octanol–water partition coefficient (Wildman–Crippen LogP) is 3.47. The maximum atomic E-state index is 12.3. The summed E-state index contributed by atoms with van der Waals surface area (Å²) >= 11 is -2.36. The van der Waals surface area contributed by atoms with Gasteiger partial charge in [0.2, 0.25) is 4.05 Å². The van der Waals surface area contributed by atoms with Gasteiger partial charge in [0.15, 0.2) is 0 Å². The SMILES string of the molecule is FC(F)(F)C(F)(F)C(F)(F)[C](F)(F)[Mg][I]. The van der Waals surface area contributed by atoms with Crippen molar-refractivity contribution in [2.75, 3.05) is 0 Å². The number of hydrogen-bond donors (Lipinski definition) is 0. The summed E-state index contributed by atoms with van der Waals surface area (Å²) in [6.07, 6.45) is -6.71. The number of alkyl halides is 9. The molecule has 0 unspecified atom stereocenters. The normalized spacial score (nSPS) is 15.1. The Morgan fingerprint density at radius 2 is 1.00 bits per heavy atom. The van der Waals surface area contributed by atoms with Gasteiger partial charge in [-0.2, -0.15) is 30.7 Å². The van der Waals surface area contributed by atoms with Gasteiger partial charge in [-0.3, -0.25) is 18.9 Å². The Balaban J connectivity index is 5.38. The molecule has 0 N–H and O–H groups in total. The summed E-state index contributed by atoms with van der Waals surface area (Å²) in [4.78, 5) is 0. The Kier molecular flexibility index (Phi) is 4.52. The minimum atomic E-state index is -6.73. The van der Waals surface area contributed by atoms with Gasteiger partial charge in [-0.1, -0.05) is 0 Å². The number of hydrogen-bond acceptors (Lipinski definition) is 0. The lowest BCUT2D eigenvalue weighted by molar-refractivity contribution is -0.382. The summed E-state index contributed by atoms with van der Waals surface area (Å²) in [5, 5.41) is 0. The lowest BCUT2D eigenvalue weighted by Crippen LogP contribution is -2.62. The highest BCUT2D eigenvalue weighted by molar-refractivity contribution is 14.1. The fraction of sp³-hybridized carbons (Fsp3) is 1.00. The molecular weight excluding hydrogens is 370 g/mol. The third-order valence-electron chi connectivity index (χ3n) is 1.38. The van der Waals surface area contributed by atoms with Gasteiger partial charge in [-0.25, -0.2) is 8.78 Å². The summed E-state index contributed by atoms with van der Waals surface area (Å²) in [6.45, 7) is 0. The third kappa shape index (κ3) is 2.58. The van der Waals surface area contributed by atoms with E-state index in [2.05, 4.69) is 0 Å². The summed E-state index contributed by atoms with van der Waals surface area (Å²) in [5.74, 6) is -13.1. The van der Waals surface area contributed by atoms with Crippen LogP contribution < -0.4 is 0 Å². The van der Waals surface area contributed by atoms with Crippen molar-refractivity contribution in [2.24, 2.45) is 0 Å². The van der Waals surface area contributed by atoms with Gasteiger partial charge < -0.3 is 0 Å². The summed E-state index contributed by atoms with van der Waals surface area (Å²) < 4.78 is 102. The quantitative estimate of drug-likeness (QED) is 0.406. The summed E-state index contributed by atoms with van der Waals surface area (Å²) in [7, 11) is 0. The molecule has 88 valence electrons. The Morgan fingerprint density at radius 3 is 1.20 bits per heavy atom. The van der Waals surface area contributed by atoms with Crippen molar-refractivity contribution in [3.05, 3.63) is 0 Å². The average Bonchev–Trinajstić information content (AvgIpc) is 2.01. The standard InChI is InChI=1S/C4F9.HI.Mg/c5-1(6)2(7,8)3(9,10)4(11,12)13;;/h;1H;/q;;+1/p-1. The molecule has 0 rings (SSSR count). The molecule has 11 heteroatoms. The van der Waals surface area contributed by atoms with Crippen molar-refractivity contribution in [1.29, 1.82) is 0 Å². The van der Waals surface area contributed by atoms with E-state index in [-0.39, 0.29) is 0 Å². The molecule has 0 aliphatic carbocycles. The first-order chi connectivity index (χ1) is 6.31. The van der Waals surface area contributed by atoms with E-state index >= 15 is 0 Å². The lowest BCUT2D eigenvalue weighted by atomic mass is 10.1. The van der Waals surface area contributed by atoms with E-state index in [1.807, 2.05) is 0 Å². The first kappa shape index (κ1) is 15.9. The molecule has 0 heterocycles. The largest absolute Gasteiger partial charge is 0.580 e. The molecule has 0 aliphatic heterocycles. The summed E-state index contributed by atoms with van der Waals surface area (Å²) in [6, 6.07) is 0. The molecule has 0 bridgehead atoms. The zero-order chi connectivity index (χ0) is 12.7. The second-order valence-electron chi connectivity index (χ2n) is 2.48. The van der Waals surface area contributed by atoms with E-state index in [9.17, 15) is 39.5 Å². The van der Waals surface area contributed by atoms with Crippen molar-refractivity contribution in [1.82, 2.24) is 0 Å². The van der Waals surface area contributed by atoms with Gasteiger partial charge in [0, 0.05) is 0 Å². The molecule has 0 aliphatic rings. The summed E-state index contributed by atoms with van der Waals surface area (Å²) in [5.41, 5.74) is 0. The second kappa shape index (κ2) is 4.27. The molecule has 0 saturated heterocycles. The highest BCUT2D eigenvalue weighted by Crippen LogP contribution is 2.52. The van der Waals surface area contributed by atoms with E-state index < -0.39 is 38.6 Å². The van der Waals surface area contributed by atoms with Gasteiger partial charge in [0.1, 0.15) is 0 Å². The van der Waals surface area contributed by atoms with Crippen LogP contribution in [0.25, 0.3) is 0 Å². The van der Waals surface area contributed by atoms with E-state index in [1.54, 1.807) is 0 Å². The van der Waals surface area contributed by atoms with Crippen molar-refractivity contribution in [3.8, 4) is 0 Å². The van der Waals surface area contributed by atoms with Gasteiger partial charge in [-0.15, -0.1) is 0 Å². The van der Waals surface area contributed by atoms with Crippen LogP contribution in [-0.2, 0) is 0 Å². The molecule has 0 saturated carbocycles. The molecule has 0 nitrogen and oxygen atoms in total. The highest BCUT2D eigenvalue weighted by Gasteiger charge is 2.80. The van der Waals surface area contributed by atoms with Crippen LogP contribution in [-0.4, -0.2) is 38.6 Å². The Morgan fingerprint density at radius 1 is 0.667 bits per heavy atom. The van der Waals surface area contributed by atoms with E-state index in [0.29, 0.717) is 0 Å². The lowest BCUT2D eigenvalue weighted by Gasteiger charge is -2.33. The monoisotopic (exact) mass is 370 g/mol. The fourth-order valence-corrected chi connectivity index (χ4v) is 2.32. The van der Waals surface area contributed by atoms with Crippen molar-refractivity contribution in [3.63, 3.8) is 0 Å². The molecule has 0 radical (unpaired) electrons. The smallest absolute Gasteiger partial charge is 0.288 e. The zero-order valence-corrected chi connectivity index (χ0v) is 10.1. The highest BCUT2D eigenvalue weighted by atomic mass is 127.